The molecule has 1 aromatic carbocycles. The molecule has 0 bridgehead atoms. The molecule has 0 saturated heterocycles. The summed E-state index contributed by atoms with van der Waals surface area (Å²) >= 11 is 0. The molecule has 0 fully saturated rings. The van der Waals surface area contributed by atoms with E-state index < -0.39 is 50.0 Å². The van der Waals surface area contributed by atoms with E-state index in [1.807, 2.05) is 5.32 Å². The van der Waals surface area contributed by atoms with Gasteiger partial charge in [-0.1, -0.05) is 39.0 Å². The highest BCUT2D eigenvalue weighted by molar-refractivity contribution is 7.86. The number of hydrogen-bond donors (Lipinski definition) is 4. The van der Waals surface area contributed by atoms with Crippen molar-refractivity contribution in [2.24, 2.45) is 0 Å². The van der Waals surface area contributed by atoms with Crippen LogP contribution in [0.15, 0.2) is 34.0 Å². The molecule has 0 unspecified atom stereocenters. The molecule has 3 amide bonds. The summed E-state index contributed by atoms with van der Waals surface area (Å²) in [5.74, 6) is -2.19. The van der Waals surface area contributed by atoms with Gasteiger partial charge in [-0.25, -0.2) is 4.79 Å². The number of amides is 3. The van der Waals surface area contributed by atoms with Gasteiger partial charge in [0.25, 0.3) is 27.5 Å². The molecule has 1 aromatic heterocycles. The van der Waals surface area contributed by atoms with Crippen LogP contribution in [0.1, 0.15) is 66.2 Å². The van der Waals surface area contributed by atoms with Gasteiger partial charge in [-0.15, -0.1) is 0 Å². The van der Waals surface area contributed by atoms with E-state index in [1.54, 1.807) is 0 Å². The summed E-state index contributed by atoms with van der Waals surface area (Å²) < 4.78 is 39.4. The number of nitrogens with one attached hydrogen (secondary N) is 2. The maximum Gasteiger partial charge on any atom is 0.411 e. The number of hydrogen-bond acceptors (Lipinski definition) is 8. The van der Waals surface area contributed by atoms with Crippen LogP contribution in [-0.4, -0.2) is 42.1 Å². The summed E-state index contributed by atoms with van der Waals surface area (Å²) in [5.41, 5.74) is 4.07. The molecule has 0 saturated carbocycles. The molecule has 2 aromatic rings. The van der Waals surface area contributed by atoms with E-state index in [0.29, 0.717) is 11.0 Å². The Kier molecular flexibility index (Phi) is 7.92. The topological polar surface area (TPSA) is 187 Å². The van der Waals surface area contributed by atoms with Crippen LogP contribution in [-0.2, 0) is 14.9 Å². The maximum absolute atomic E-state index is 12.7. The second kappa shape index (κ2) is 10.7. The van der Waals surface area contributed by atoms with E-state index in [-0.39, 0.29) is 23.4 Å². The number of carbonyl (C=O) groups is 3. The SMILES string of the molecule is CCCCCCCCOC(=O)Nc1ccc(S(=O)(=O)O)c(-n2c(N)c3c(cc2=O)C(=O)NC3=O)c1. The Hall–Kier alpha value is -3.71. The van der Waals surface area contributed by atoms with Gasteiger partial charge < -0.3 is 10.5 Å². The predicted octanol–water partition coefficient (Wildman–Crippen LogP) is 2.46. The number of imide groups is 1. The van der Waals surface area contributed by atoms with Crippen LogP contribution in [0.5, 0.6) is 0 Å². The molecule has 1 aliphatic heterocycles. The minimum atomic E-state index is -4.85. The van der Waals surface area contributed by atoms with E-state index in [0.717, 1.165) is 50.3 Å². The first-order chi connectivity index (χ1) is 16.5. The van der Waals surface area contributed by atoms with Gasteiger partial charge in [0.15, 0.2) is 0 Å². The van der Waals surface area contributed by atoms with Gasteiger partial charge in [-0.2, -0.15) is 8.42 Å². The molecule has 0 radical (unpaired) electrons. The van der Waals surface area contributed by atoms with Gasteiger partial charge in [0.1, 0.15) is 10.7 Å². The number of benzene rings is 1. The first kappa shape index (κ1) is 25.9. The Labute approximate surface area is 201 Å². The van der Waals surface area contributed by atoms with Crippen molar-refractivity contribution in [2.45, 2.75) is 50.3 Å². The standard InChI is InChI=1S/C22H26N4O8S/c1-2-3-4-5-6-7-10-34-22(30)24-13-8-9-16(35(31,32)33)15(11-13)26-17(27)12-14-18(19(26)23)21(29)25-20(14)28/h8-9,11-12H,2-7,10,23H2,1H3,(H,24,30)(H,25,28,29)(H,31,32,33). The van der Waals surface area contributed by atoms with Crippen LogP contribution in [0.25, 0.3) is 5.69 Å². The van der Waals surface area contributed by atoms with E-state index in [1.165, 1.54) is 6.07 Å². The fraction of sp³-hybridized carbons (Fsp3) is 0.364. The lowest BCUT2D eigenvalue weighted by atomic mass is 10.1. The van der Waals surface area contributed by atoms with Crippen molar-refractivity contribution >= 4 is 39.5 Å². The Morgan fingerprint density at radius 3 is 2.46 bits per heavy atom. The average molecular weight is 507 g/mol. The van der Waals surface area contributed by atoms with Crippen molar-refractivity contribution in [1.29, 1.82) is 0 Å². The number of nitrogen functional groups attached to an aromatic ring is 1. The molecule has 2 heterocycles. The van der Waals surface area contributed by atoms with E-state index in [9.17, 15) is 32.1 Å². The highest BCUT2D eigenvalue weighted by Crippen LogP contribution is 2.28. The van der Waals surface area contributed by atoms with Crippen molar-refractivity contribution in [2.75, 3.05) is 17.7 Å². The van der Waals surface area contributed by atoms with Crippen molar-refractivity contribution in [3.05, 3.63) is 45.7 Å². The van der Waals surface area contributed by atoms with E-state index >= 15 is 0 Å². The molecule has 12 nitrogen and oxygen atoms in total. The van der Waals surface area contributed by atoms with E-state index in [4.69, 9.17) is 10.5 Å². The van der Waals surface area contributed by atoms with Crippen LogP contribution in [0.3, 0.4) is 0 Å². The molecule has 0 atom stereocenters. The number of ether oxygens (including phenoxy) is 1. The summed E-state index contributed by atoms with van der Waals surface area (Å²) in [6.07, 6.45) is 5.24. The first-order valence-corrected chi connectivity index (χ1v) is 12.5. The quantitative estimate of drug-likeness (QED) is 0.213. The zero-order valence-electron chi connectivity index (χ0n) is 19.0. The molecule has 3 rings (SSSR count). The van der Waals surface area contributed by atoms with Crippen LogP contribution < -0.4 is 21.9 Å². The summed E-state index contributed by atoms with van der Waals surface area (Å²) in [6.45, 7) is 2.31. The number of unbranched alkanes of at least 4 members (excludes halogenated alkanes) is 5. The molecular weight excluding hydrogens is 480 g/mol. The van der Waals surface area contributed by atoms with Crippen LogP contribution >= 0.6 is 0 Å². The Bertz CT molecular complexity index is 1330. The number of anilines is 2. The molecule has 0 spiro atoms. The number of pyridine rings is 1. The van der Waals surface area contributed by atoms with Crippen LogP contribution in [0.4, 0.5) is 16.3 Å². The minimum absolute atomic E-state index is 0.0349. The predicted molar refractivity (Wildman–Crippen MR) is 126 cm³/mol. The monoisotopic (exact) mass is 506 g/mol. The molecule has 1 aliphatic rings. The van der Waals surface area contributed by atoms with Gasteiger partial charge in [0.2, 0.25) is 0 Å². The Morgan fingerprint density at radius 1 is 1.09 bits per heavy atom. The summed E-state index contributed by atoms with van der Waals surface area (Å²) in [7, 11) is -4.85. The Balaban J connectivity index is 1.88. The van der Waals surface area contributed by atoms with Gasteiger partial charge in [-0.3, -0.25) is 34.1 Å². The minimum Gasteiger partial charge on any atom is -0.449 e. The van der Waals surface area contributed by atoms with Crippen molar-refractivity contribution in [1.82, 2.24) is 9.88 Å². The van der Waals surface area contributed by atoms with Crippen molar-refractivity contribution < 1.29 is 32.1 Å². The second-order valence-corrected chi connectivity index (χ2v) is 9.35. The molecular formula is C22H26N4O8S. The summed E-state index contributed by atoms with van der Waals surface area (Å²) in [4.78, 5) is 48.2. The zero-order chi connectivity index (χ0) is 25.8. The lowest BCUT2D eigenvalue weighted by Crippen LogP contribution is -2.25. The molecule has 35 heavy (non-hydrogen) atoms. The third-order valence-electron chi connectivity index (χ3n) is 5.41. The maximum atomic E-state index is 12.7. The molecule has 0 aliphatic carbocycles. The highest BCUT2D eigenvalue weighted by atomic mass is 32.2. The third kappa shape index (κ3) is 5.87. The summed E-state index contributed by atoms with van der Waals surface area (Å²) in [6, 6.07) is 4.05. The number of aromatic nitrogens is 1. The van der Waals surface area contributed by atoms with Gasteiger partial charge in [-0.05, 0) is 24.6 Å². The first-order valence-electron chi connectivity index (χ1n) is 11.0. The molecule has 5 N–H and O–H groups in total. The Morgan fingerprint density at radius 2 is 1.77 bits per heavy atom. The molecule has 188 valence electrons. The van der Waals surface area contributed by atoms with Crippen LogP contribution in [0.2, 0.25) is 0 Å². The van der Waals surface area contributed by atoms with Gasteiger partial charge in [0, 0.05) is 11.8 Å². The average Bonchev–Trinajstić information content (AvgIpc) is 3.05. The smallest absolute Gasteiger partial charge is 0.411 e. The van der Waals surface area contributed by atoms with Crippen molar-refractivity contribution in [3.8, 4) is 5.69 Å². The van der Waals surface area contributed by atoms with Gasteiger partial charge in [0.05, 0.1) is 23.4 Å². The van der Waals surface area contributed by atoms with Crippen molar-refractivity contribution in [3.63, 3.8) is 0 Å². The largest absolute Gasteiger partial charge is 0.449 e. The third-order valence-corrected chi connectivity index (χ3v) is 6.31. The number of carbonyl (C=O) groups excluding carboxylic acids is 3. The van der Waals surface area contributed by atoms with Crippen LogP contribution in [0, 0.1) is 0 Å². The number of rotatable bonds is 10. The fourth-order valence-electron chi connectivity index (χ4n) is 3.72. The number of nitrogens with two attached hydrogens (primary N) is 1. The summed E-state index contributed by atoms with van der Waals surface area (Å²) in [5, 5.41) is 4.42. The number of fused-ring (bicyclic) bond motifs is 1. The normalized spacial score (nSPS) is 12.9. The highest BCUT2D eigenvalue weighted by Gasteiger charge is 2.33. The second-order valence-electron chi connectivity index (χ2n) is 7.96. The zero-order valence-corrected chi connectivity index (χ0v) is 19.8. The molecule has 13 heteroatoms. The number of nitrogens with zero attached hydrogens (tertiary/aromatic N) is 1. The lowest BCUT2D eigenvalue weighted by molar-refractivity contribution is 0.0879. The fourth-order valence-corrected chi connectivity index (χ4v) is 4.37. The van der Waals surface area contributed by atoms with E-state index in [2.05, 4.69) is 12.2 Å². The van der Waals surface area contributed by atoms with Gasteiger partial charge >= 0.3 is 6.09 Å². The lowest BCUT2D eigenvalue weighted by Gasteiger charge is -2.16.